The zero-order valence-corrected chi connectivity index (χ0v) is 18.3. The molecule has 1 fully saturated rings. The van der Waals surface area contributed by atoms with E-state index in [1.165, 1.54) is 27.9 Å². The van der Waals surface area contributed by atoms with Crippen LogP contribution in [0.15, 0.2) is 60.8 Å². The van der Waals surface area contributed by atoms with Crippen molar-refractivity contribution in [2.45, 2.75) is 26.4 Å². The number of carbonyl (C=O) groups excluding carboxylic acids is 1. The standard InChI is InChI=1S/C24H25F3N4O2/c1-18-5-7-19(8-6-18)16-29-11-13-30(14-12-29)23(32)22-9-10-31(28-22)17-33-21-4-2-3-20(15-21)24(25,26)27/h2-10,15H,11-14,16-17H2,1H3. The lowest BCUT2D eigenvalue weighted by Crippen LogP contribution is -2.48. The summed E-state index contributed by atoms with van der Waals surface area (Å²) in [7, 11) is 0. The van der Waals surface area contributed by atoms with Crippen LogP contribution >= 0.6 is 0 Å². The van der Waals surface area contributed by atoms with Crippen molar-refractivity contribution in [1.82, 2.24) is 19.6 Å². The molecule has 1 aliphatic rings. The van der Waals surface area contributed by atoms with Gasteiger partial charge in [0.1, 0.15) is 5.75 Å². The van der Waals surface area contributed by atoms with Crippen LogP contribution in [0.25, 0.3) is 0 Å². The quantitative estimate of drug-likeness (QED) is 0.556. The first-order valence-corrected chi connectivity index (χ1v) is 10.7. The summed E-state index contributed by atoms with van der Waals surface area (Å²) >= 11 is 0. The number of ether oxygens (including phenoxy) is 1. The molecule has 9 heteroatoms. The first-order chi connectivity index (χ1) is 15.8. The summed E-state index contributed by atoms with van der Waals surface area (Å²) in [5.41, 5.74) is 1.99. The second-order valence-electron chi connectivity index (χ2n) is 8.09. The van der Waals surface area contributed by atoms with E-state index in [-0.39, 0.29) is 24.1 Å². The molecule has 0 unspecified atom stereocenters. The maximum atomic E-state index is 12.8. The highest BCUT2D eigenvalue weighted by molar-refractivity contribution is 5.92. The molecule has 2 aromatic carbocycles. The van der Waals surface area contributed by atoms with Crippen molar-refractivity contribution < 1.29 is 22.7 Å². The van der Waals surface area contributed by atoms with Crippen LogP contribution in [-0.2, 0) is 19.5 Å². The van der Waals surface area contributed by atoms with Crippen molar-refractivity contribution in [3.8, 4) is 5.75 Å². The molecule has 1 aliphatic heterocycles. The highest BCUT2D eigenvalue weighted by Crippen LogP contribution is 2.31. The fraction of sp³-hybridized carbons (Fsp3) is 0.333. The van der Waals surface area contributed by atoms with Gasteiger partial charge < -0.3 is 9.64 Å². The number of aryl methyl sites for hydroxylation is 1. The summed E-state index contributed by atoms with van der Waals surface area (Å²) in [6.07, 6.45) is -2.86. The topological polar surface area (TPSA) is 50.6 Å². The van der Waals surface area contributed by atoms with Crippen molar-refractivity contribution in [2.24, 2.45) is 0 Å². The number of nitrogens with zero attached hydrogens (tertiary/aromatic N) is 4. The number of rotatable bonds is 6. The molecule has 2 heterocycles. The Labute approximate surface area is 190 Å². The molecule has 1 saturated heterocycles. The normalized spacial score (nSPS) is 15.0. The van der Waals surface area contributed by atoms with Gasteiger partial charge in [0, 0.05) is 38.9 Å². The van der Waals surface area contributed by atoms with Gasteiger partial charge in [-0.15, -0.1) is 0 Å². The van der Waals surface area contributed by atoms with E-state index in [1.807, 2.05) is 0 Å². The summed E-state index contributed by atoms with van der Waals surface area (Å²) in [5, 5.41) is 4.23. The van der Waals surface area contributed by atoms with Crippen LogP contribution in [0.5, 0.6) is 5.75 Å². The lowest BCUT2D eigenvalue weighted by molar-refractivity contribution is -0.137. The molecule has 6 nitrogen and oxygen atoms in total. The average Bonchev–Trinajstić information content (AvgIpc) is 3.28. The SMILES string of the molecule is Cc1ccc(CN2CCN(C(=O)c3ccn(COc4cccc(C(F)(F)F)c4)n3)CC2)cc1. The number of aromatic nitrogens is 2. The van der Waals surface area contributed by atoms with E-state index >= 15 is 0 Å². The number of piperazine rings is 1. The second-order valence-corrected chi connectivity index (χ2v) is 8.09. The molecule has 4 rings (SSSR count). The molecule has 0 aliphatic carbocycles. The van der Waals surface area contributed by atoms with E-state index in [4.69, 9.17) is 4.74 Å². The Kier molecular flexibility index (Phi) is 6.69. The molecule has 0 atom stereocenters. The van der Waals surface area contributed by atoms with Crippen molar-refractivity contribution in [2.75, 3.05) is 26.2 Å². The predicted octanol–water partition coefficient (Wildman–Crippen LogP) is 4.20. The number of carbonyl (C=O) groups is 1. The van der Waals surface area contributed by atoms with E-state index in [0.717, 1.165) is 31.8 Å². The molecule has 0 bridgehead atoms. The van der Waals surface area contributed by atoms with Gasteiger partial charge in [-0.3, -0.25) is 9.69 Å². The van der Waals surface area contributed by atoms with E-state index in [2.05, 4.69) is 41.2 Å². The third-order valence-electron chi connectivity index (χ3n) is 5.57. The Morgan fingerprint density at radius 2 is 1.76 bits per heavy atom. The van der Waals surface area contributed by atoms with Crippen LogP contribution < -0.4 is 4.74 Å². The maximum Gasteiger partial charge on any atom is 0.416 e. The molecular formula is C24H25F3N4O2. The minimum Gasteiger partial charge on any atom is -0.471 e. The van der Waals surface area contributed by atoms with Crippen molar-refractivity contribution in [3.05, 3.63) is 83.2 Å². The summed E-state index contributed by atoms with van der Waals surface area (Å²) in [5.74, 6) is -0.0827. The minimum absolute atomic E-state index is 0.0814. The number of hydrogen-bond acceptors (Lipinski definition) is 4. The van der Waals surface area contributed by atoms with Gasteiger partial charge in [-0.05, 0) is 36.8 Å². The zero-order valence-electron chi connectivity index (χ0n) is 18.3. The number of benzene rings is 2. The largest absolute Gasteiger partial charge is 0.471 e. The molecule has 1 aromatic heterocycles. The fourth-order valence-corrected chi connectivity index (χ4v) is 3.67. The van der Waals surface area contributed by atoms with E-state index in [9.17, 15) is 18.0 Å². The summed E-state index contributed by atoms with van der Waals surface area (Å²) in [6, 6.07) is 14.7. The third kappa shape index (κ3) is 5.92. The zero-order chi connectivity index (χ0) is 23.4. The van der Waals surface area contributed by atoms with Crippen LogP contribution in [0.2, 0.25) is 0 Å². The number of hydrogen-bond donors (Lipinski definition) is 0. The summed E-state index contributed by atoms with van der Waals surface area (Å²) in [6.45, 7) is 5.59. The van der Waals surface area contributed by atoms with Crippen LogP contribution in [0.4, 0.5) is 13.2 Å². The van der Waals surface area contributed by atoms with Crippen molar-refractivity contribution >= 4 is 5.91 Å². The Morgan fingerprint density at radius 3 is 2.45 bits per heavy atom. The van der Waals surface area contributed by atoms with Crippen molar-refractivity contribution in [1.29, 1.82) is 0 Å². The Balaban J connectivity index is 1.28. The van der Waals surface area contributed by atoms with Gasteiger partial charge in [0.25, 0.3) is 5.91 Å². The third-order valence-corrected chi connectivity index (χ3v) is 5.57. The van der Waals surface area contributed by atoms with Gasteiger partial charge in [0.05, 0.1) is 5.56 Å². The molecule has 1 amide bonds. The van der Waals surface area contributed by atoms with Crippen LogP contribution in [0.1, 0.15) is 27.2 Å². The van der Waals surface area contributed by atoms with E-state index in [1.54, 1.807) is 17.2 Å². The molecule has 3 aromatic rings. The molecular weight excluding hydrogens is 433 g/mol. The molecule has 33 heavy (non-hydrogen) atoms. The van der Waals surface area contributed by atoms with Crippen molar-refractivity contribution in [3.63, 3.8) is 0 Å². The Hall–Kier alpha value is -3.33. The van der Waals surface area contributed by atoms with Gasteiger partial charge in [-0.1, -0.05) is 35.9 Å². The van der Waals surface area contributed by atoms with Gasteiger partial charge in [0.2, 0.25) is 0 Å². The van der Waals surface area contributed by atoms with Gasteiger partial charge in [-0.25, -0.2) is 4.68 Å². The van der Waals surface area contributed by atoms with E-state index in [0.29, 0.717) is 13.1 Å². The minimum atomic E-state index is -4.44. The molecule has 0 spiro atoms. The molecule has 0 radical (unpaired) electrons. The maximum absolute atomic E-state index is 12.8. The lowest BCUT2D eigenvalue weighted by Gasteiger charge is -2.34. The summed E-state index contributed by atoms with van der Waals surface area (Å²) in [4.78, 5) is 16.9. The number of amides is 1. The van der Waals surface area contributed by atoms with Crippen LogP contribution in [0.3, 0.4) is 0 Å². The summed E-state index contributed by atoms with van der Waals surface area (Å²) < 4.78 is 45.3. The number of alkyl halides is 3. The van der Waals surface area contributed by atoms with Crippen LogP contribution in [-0.4, -0.2) is 51.7 Å². The van der Waals surface area contributed by atoms with Gasteiger partial charge in [-0.2, -0.15) is 18.3 Å². The molecule has 0 saturated carbocycles. The second kappa shape index (κ2) is 9.66. The highest BCUT2D eigenvalue weighted by Gasteiger charge is 2.30. The lowest BCUT2D eigenvalue weighted by atomic mass is 10.1. The Bertz CT molecular complexity index is 1090. The van der Waals surface area contributed by atoms with Crippen LogP contribution in [0, 0.1) is 6.92 Å². The fourth-order valence-electron chi connectivity index (χ4n) is 3.67. The Morgan fingerprint density at radius 1 is 1.03 bits per heavy atom. The van der Waals surface area contributed by atoms with Gasteiger partial charge >= 0.3 is 6.18 Å². The average molecular weight is 458 g/mol. The first-order valence-electron chi connectivity index (χ1n) is 10.7. The highest BCUT2D eigenvalue weighted by atomic mass is 19.4. The smallest absolute Gasteiger partial charge is 0.416 e. The predicted molar refractivity (Wildman–Crippen MR) is 117 cm³/mol. The monoisotopic (exact) mass is 458 g/mol. The number of halogens is 3. The molecule has 0 N–H and O–H groups in total. The first kappa shape index (κ1) is 22.8. The molecule has 174 valence electrons. The van der Waals surface area contributed by atoms with Gasteiger partial charge in [0.15, 0.2) is 12.4 Å². The van der Waals surface area contributed by atoms with E-state index < -0.39 is 11.7 Å².